The first-order valence-corrected chi connectivity index (χ1v) is 14.5. The first-order valence-electron chi connectivity index (χ1n) is 14.1. The molecule has 7 heteroatoms. The predicted octanol–water partition coefficient (Wildman–Crippen LogP) is 5.81. The molecule has 1 aliphatic heterocycles. The fraction of sp³-hybridized carbons (Fsp3) is 0.424. The predicted molar refractivity (Wildman–Crippen MR) is 158 cm³/mol. The molecule has 0 radical (unpaired) electrons. The lowest BCUT2D eigenvalue weighted by atomic mass is 9.87. The Morgan fingerprint density at radius 2 is 1.55 bits per heavy atom. The van der Waals surface area contributed by atoms with E-state index < -0.39 is 12.1 Å². The van der Waals surface area contributed by atoms with Gasteiger partial charge in [0.25, 0.3) is 0 Å². The third-order valence-corrected chi connectivity index (χ3v) is 8.21. The standard InChI is InChI=1S/C33H39ClN2O4/c1-33(2,3)24-8-14-27(15-9-24)40-30(32(37)38)18-22-6-12-26(13-7-22)39-17-16-35-31-28-20-36(21-29(28)31)19-23-4-10-25(34)11-5-23/h4-15,28-31,35H,16-21H2,1-3H3,(H,37,38)/t28?,29?,30-,31?/m1/s1. The van der Waals surface area contributed by atoms with E-state index in [2.05, 4.69) is 43.1 Å². The average molecular weight is 563 g/mol. The van der Waals surface area contributed by atoms with Gasteiger partial charge in [0.1, 0.15) is 18.1 Å². The van der Waals surface area contributed by atoms with Gasteiger partial charge in [-0.25, -0.2) is 4.79 Å². The van der Waals surface area contributed by atoms with Crippen LogP contribution >= 0.6 is 11.6 Å². The first-order chi connectivity index (χ1) is 19.2. The average Bonchev–Trinajstić information content (AvgIpc) is 3.37. The molecule has 0 aromatic heterocycles. The van der Waals surface area contributed by atoms with Crippen LogP contribution in [0.5, 0.6) is 11.5 Å². The van der Waals surface area contributed by atoms with Crippen molar-refractivity contribution in [3.05, 3.63) is 94.5 Å². The molecule has 3 aromatic carbocycles. The third kappa shape index (κ3) is 7.36. The van der Waals surface area contributed by atoms with Crippen molar-refractivity contribution in [1.29, 1.82) is 0 Å². The Hall–Kier alpha value is -3.06. The molecule has 5 rings (SSSR count). The summed E-state index contributed by atoms with van der Waals surface area (Å²) in [5.74, 6) is 1.81. The van der Waals surface area contributed by atoms with Crippen LogP contribution in [0, 0.1) is 11.8 Å². The van der Waals surface area contributed by atoms with E-state index >= 15 is 0 Å². The van der Waals surface area contributed by atoms with Gasteiger partial charge in [0, 0.05) is 43.7 Å². The fourth-order valence-electron chi connectivity index (χ4n) is 5.60. The molecule has 1 saturated heterocycles. The van der Waals surface area contributed by atoms with Crippen LogP contribution in [-0.4, -0.2) is 54.4 Å². The molecule has 1 heterocycles. The van der Waals surface area contributed by atoms with Crippen LogP contribution in [0.2, 0.25) is 5.02 Å². The lowest BCUT2D eigenvalue weighted by Crippen LogP contribution is -2.33. The number of benzene rings is 3. The Balaban J connectivity index is 1.01. The van der Waals surface area contributed by atoms with Gasteiger partial charge in [0.05, 0.1) is 0 Å². The van der Waals surface area contributed by atoms with Gasteiger partial charge in [-0.1, -0.05) is 68.8 Å². The van der Waals surface area contributed by atoms with Crippen molar-refractivity contribution < 1.29 is 19.4 Å². The summed E-state index contributed by atoms with van der Waals surface area (Å²) in [4.78, 5) is 14.4. The first kappa shape index (κ1) is 28.5. The van der Waals surface area contributed by atoms with E-state index in [1.165, 1.54) is 11.1 Å². The Bertz CT molecular complexity index is 1260. The highest BCUT2D eigenvalue weighted by Gasteiger charge is 2.55. The molecule has 0 bridgehead atoms. The molecule has 40 heavy (non-hydrogen) atoms. The number of carboxylic acid groups (broad SMARTS) is 1. The molecule has 2 unspecified atom stereocenters. The van der Waals surface area contributed by atoms with Gasteiger partial charge in [0.2, 0.25) is 0 Å². The quantitative estimate of drug-likeness (QED) is 0.271. The Labute approximate surface area is 242 Å². The van der Waals surface area contributed by atoms with E-state index in [0.29, 0.717) is 18.4 Å². The van der Waals surface area contributed by atoms with Gasteiger partial charge in [-0.15, -0.1) is 0 Å². The number of likely N-dealkylation sites (tertiary alicyclic amines) is 1. The second-order valence-electron chi connectivity index (χ2n) is 12.0. The maximum atomic E-state index is 11.9. The molecule has 2 fully saturated rings. The van der Waals surface area contributed by atoms with Crippen molar-refractivity contribution in [2.75, 3.05) is 26.2 Å². The Morgan fingerprint density at radius 3 is 2.15 bits per heavy atom. The molecular weight excluding hydrogens is 524 g/mol. The number of hydrogen-bond donors (Lipinski definition) is 2. The number of carbonyl (C=O) groups is 1. The van der Waals surface area contributed by atoms with E-state index in [4.69, 9.17) is 21.1 Å². The number of halogens is 1. The Morgan fingerprint density at radius 1 is 0.950 bits per heavy atom. The zero-order valence-corrected chi connectivity index (χ0v) is 24.2. The van der Waals surface area contributed by atoms with E-state index in [-0.39, 0.29) is 11.8 Å². The van der Waals surface area contributed by atoms with Crippen LogP contribution in [-0.2, 0) is 23.2 Å². The van der Waals surface area contributed by atoms with E-state index in [1.54, 1.807) is 0 Å². The number of fused-ring (bicyclic) bond motifs is 1. The van der Waals surface area contributed by atoms with E-state index in [1.807, 2.05) is 60.7 Å². The van der Waals surface area contributed by atoms with Crippen molar-refractivity contribution >= 4 is 17.6 Å². The van der Waals surface area contributed by atoms with Crippen molar-refractivity contribution in [2.45, 2.75) is 51.3 Å². The van der Waals surface area contributed by atoms with E-state index in [9.17, 15) is 9.90 Å². The highest BCUT2D eigenvalue weighted by Crippen LogP contribution is 2.45. The van der Waals surface area contributed by atoms with Crippen LogP contribution in [0.4, 0.5) is 0 Å². The SMILES string of the molecule is CC(C)(C)c1ccc(O[C@H](Cc2ccc(OCCNC3C4CN(Cc5ccc(Cl)cc5)CC43)cc2)C(=O)O)cc1. The molecule has 0 amide bonds. The molecule has 0 spiro atoms. The molecule has 212 valence electrons. The number of piperidine rings is 1. The number of aliphatic carboxylic acids is 1. The zero-order valence-electron chi connectivity index (χ0n) is 23.5. The lowest BCUT2D eigenvalue weighted by molar-refractivity contribution is -0.145. The number of carboxylic acids is 1. The van der Waals surface area contributed by atoms with Crippen LogP contribution in [0.1, 0.15) is 37.5 Å². The van der Waals surface area contributed by atoms with Gasteiger partial charge in [-0.05, 0) is 70.3 Å². The third-order valence-electron chi connectivity index (χ3n) is 7.96. The highest BCUT2D eigenvalue weighted by atomic mass is 35.5. The summed E-state index contributed by atoms with van der Waals surface area (Å²) >= 11 is 5.99. The maximum Gasteiger partial charge on any atom is 0.345 e. The molecule has 2 aliphatic rings. The van der Waals surface area contributed by atoms with Gasteiger partial charge in [0.15, 0.2) is 6.10 Å². The second kappa shape index (κ2) is 12.2. The highest BCUT2D eigenvalue weighted by molar-refractivity contribution is 6.30. The second-order valence-corrected chi connectivity index (χ2v) is 12.5. The van der Waals surface area contributed by atoms with Gasteiger partial charge in [-0.3, -0.25) is 4.90 Å². The van der Waals surface area contributed by atoms with Crippen LogP contribution < -0.4 is 14.8 Å². The molecule has 3 aromatic rings. The molecule has 2 N–H and O–H groups in total. The van der Waals surface area contributed by atoms with Crippen LogP contribution in [0.25, 0.3) is 0 Å². The largest absolute Gasteiger partial charge is 0.492 e. The number of nitrogens with one attached hydrogen (secondary N) is 1. The summed E-state index contributed by atoms with van der Waals surface area (Å²) in [6.07, 6.45) is -0.686. The summed E-state index contributed by atoms with van der Waals surface area (Å²) in [6, 6.07) is 24.0. The number of ether oxygens (including phenoxy) is 2. The lowest BCUT2D eigenvalue weighted by Gasteiger charge is -2.20. The van der Waals surface area contributed by atoms with Crippen molar-refractivity contribution in [3.8, 4) is 11.5 Å². The molecule has 1 aliphatic carbocycles. The fourth-order valence-corrected chi connectivity index (χ4v) is 5.73. The molecule has 1 saturated carbocycles. The zero-order chi connectivity index (χ0) is 28.3. The van der Waals surface area contributed by atoms with Gasteiger partial charge < -0.3 is 19.9 Å². The number of nitrogens with zero attached hydrogens (tertiary/aromatic N) is 1. The van der Waals surface area contributed by atoms with Gasteiger partial charge in [-0.2, -0.15) is 0 Å². The van der Waals surface area contributed by atoms with Crippen molar-refractivity contribution in [2.24, 2.45) is 11.8 Å². The molecule has 3 atom stereocenters. The maximum absolute atomic E-state index is 11.9. The minimum atomic E-state index is -0.982. The van der Waals surface area contributed by atoms with Crippen LogP contribution in [0.3, 0.4) is 0 Å². The van der Waals surface area contributed by atoms with Crippen LogP contribution in [0.15, 0.2) is 72.8 Å². The normalized spacial score (nSPS) is 21.1. The topological polar surface area (TPSA) is 71.0 Å². The minimum absolute atomic E-state index is 0.0302. The smallest absolute Gasteiger partial charge is 0.345 e. The summed E-state index contributed by atoms with van der Waals surface area (Å²) in [6.45, 7) is 11.1. The summed E-state index contributed by atoms with van der Waals surface area (Å²) in [5.41, 5.74) is 3.40. The van der Waals surface area contributed by atoms with Gasteiger partial charge >= 0.3 is 5.97 Å². The number of rotatable bonds is 12. The molecular formula is C33H39ClN2O4. The van der Waals surface area contributed by atoms with Crippen molar-refractivity contribution in [1.82, 2.24) is 10.2 Å². The summed E-state index contributed by atoms with van der Waals surface area (Å²) in [5, 5.41) is 14.2. The Kier molecular flexibility index (Phi) is 8.69. The monoisotopic (exact) mass is 562 g/mol. The minimum Gasteiger partial charge on any atom is -0.492 e. The van der Waals surface area contributed by atoms with Crippen molar-refractivity contribution in [3.63, 3.8) is 0 Å². The van der Waals surface area contributed by atoms with E-state index in [0.717, 1.165) is 54.4 Å². The molecule has 6 nitrogen and oxygen atoms in total. The summed E-state index contributed by atoms with van der Waals surface area (Å²) in [7, 11) is 0. The number of hydrogen-bond acceptors (Lipinski definition) is 5. The summed E-state index contributed by atoms with van der Waals surface area (Å²) < 4.78 is 11.7.